The molecule has 0 aliphatic rings. The minimum absolute atomic E-state index is 0.0443. The van der Waals surface area contributed by atoms with Crippen molar-refractivity contribution in [2.24, 2.45) is 0 Å². The number of methoxy groups -OCH3 is 1. The monoisotopic (exact) mass is 314 g/mol. The number of carbonyl (C=O) groups excluding carboxylic acids is 1. The van der Waals surface area contributed by atoms with Gasteiger partial charge in [0.2, 0.25) is 5.91 Å². The van der Waals surface area contributed by atoms with Crippen molar-refractivity contribution >= 4 is 23.2 Å². The predicted octanol–water partition coefficient (Wildman–Crippen LogP) is 2.65. The first kappa shape index (κ1) is 17.6. The second-order valence-electron chi connectivity index (χ2n) is 4.38. The van der Waals surface area contributed by atoms with Crippen molar-refractivity contribution in [3.8, 4) is 5.75 Å². The van der Waals surface area contributed by atoms with Gasteiger partial charge in [0.05, 0.1) is 23.9 Å². The zero-order valence-electron chi connectivity index (χ0n) is 12.8. The van der Waals surface area contributed by atoms with Crippen molar-refractivity contribution in [1.82, 2.24) is 4.90 Å². The summed E-state index contributed by atoms with van der Waals surface area (Å²) in [6.45, 7) is 6.40. The number of para-hydroxylation sites is 1. The Bertz CT molecular complexity index is 451. The number of nitrogens with zero attached hydrogens (tertiary/aromatic N) is 1. The fraction of sp³-hybridized carbons (Fsp3) is 0.533. The van der Waals surface area contributed by atoms with E-state index in [4.69, 9.17) is 21.1 Å². The van der Waals surface area contributed by atoms with Gasteiger partial charge in [-0.25, -0.2) is 0 Å². The highest BCUT2D eigenvalue weighted by Gasteiger charge is 2.12. The lowest BCUT2D eigenvalue weighted by Crippen LogP contribution is -2.35. The summed E-state index contributed by atoms with van der Waals surface area (Å²) in [6.07, 6.45) is 0. The number of hydrogen-bond acceptors (Lipinski definition) is 4. The highest BCUT2D eigenvalue weighted by Crippen LogP contribution is 2.32. The number of likely N-dealkylation sites (N-methyl/N-ethyl adjacent to an activating group) is 1. The molecule has 0 atom stereocenters. The lowest BCUT2D eigenvalue weighted by atomic mass is 10.3. The minimum atomic E-state index is 0.0443. The average Bonchev–Trinajstić information content (AvgIpc) is 2.48. The molecule has 0 bridgehead atoms. The number of halogens is 1. The largest absolute Gasteiger partial charge is 0.487 e. The number of rotatable bonds is 9. The Morgan fingerprint density at radius 2 is 2.00 bits per heavy atom. The van der Waals surface area contributed by atoms with Crippen LogP contribution in [0.2, 0.25) is 5.02 Å². The van der Waals surface area contributed by atoms with Gasteiger partial charge in [-0.05, 0) is 26.0 Å². The fourth-order valence-corrected chi connectivity index (χ4v) is 2.11. The van der Waals surface area contributed by atoms with Crippen molar-refractivity contribution in [2.75, 3.05) is 45.3 Å². The van der Waals surface area contributed by atoms with E-state index in [1.807, 2.05) is 26.0 Å². The fourth-order valence-electron chi connectivity index (χ4n) is 1.88. The predicted molar refractivity (Wildman–Crippen MR) is 85.2 cm³/mol. The molecule has 118 valence electrons. The molecule has 21 heavy (non-hydrogen) atoms. The molecule has 1 aromatic rings. The number of amides is 1. The van der Waals surface area contributed by atoms with E-state index < -0.39 is 0 Å². The third-order valence-electron chi connectivity index (χ3n) is 3.05. The van der Waals surface area contributed by atoms with Crippen molar-refractivity contribution in [1.29, 1.82) is 0 Å². The molecule has 0 unspecified atom stereocenters. The molecule has 0 aliphatic carbocycles. The first-order valence-electron chi connectivity index (χ1n) is 7.05. The highest BCUT2D eigenvalue weighted by atomic mass is 35.5. The SMILES string of the molecule is CCN(CC)C(=O)CNc1cccc(Cl)c1OCCOC. The van der Waals surface area contributed by atoms with Crippen LogP contribution in [-0.2, 0) is 9.53 Å². The third-order valence-corrected chi connectivity index (χ3v) is 3.34. The number of benzene rings is 1. The number of hydrogen-bond donors (Lipinski definition) is 1. The molecular formula is C15H23ClN2O3. The molecule has 1 N–H and O–H groups in total. The molecule has 0 aromatic heterocycles. The molecular weight excluding hydrogens is 292 g/mol. The summed E-state index contributed by atoms with van der Waals surface area (Å²) in [5, 5.41) is 3.59. The topological polar surface area (TPSA) is 50.8 Å². The Morgan fingerprint density at radius 3 is 2.62 bits per heavy atom. The van der Waals surface area contributed by atoms with E-state index in [0.29, 0.717) is 42.8 Å². The van der Waals surface area contributed by atoms with Crippen LogP contribution in [-0.4, -0.2) is 50.8 Å². The van der Waals surface area contributed by atoms with Gasteiger partial charge in [0, 0.05) is 20.2 Å². The van der Waals surface area contributed by atoms with E-state index in [1.165, 1.54) is 0 Å². The first-order chi connectivity index (χ1) is 10.1. The summed E-state index contributed by atoms with van der Waals surface area (Å²) in [4.78, 5) is 13.8. The molecule has 0 saturated heterocycles. The summed E-state index contributed by atoms with van der Waals surface area (Å²) in [7, 11) is 1.61. The molecule has 0 fully saturated rings. The Labute approximate surface area is 131 Å². The molecule has 1 aromatic carbocycles. The summed E-state index contributed by atoms with van der Waals surface area (Å²) in [6, 6.07) is 5.40. The highest BCUT2D eigenvalue weighted by molar-refractivity contribution is 6.32. The summed E-state index contributed by atoms with van der Waals surface area (Å²) in [5.74, 6) is 0.589. The third kappa shape index (κ3) is 5.44. The lowest BCUT2D eigenvalue weighted by Gasteiger charge is -2.20. The Balaban J connectivity index is 2.69. The molecule has 1 rings (SSSR count). The van der Waals surface area contributed by atoms with Gasteiger partial charge in [-0.3, -0.25) is 4.79 Å². The van der Waals surface area contributed by atoms with Crippen molar-refractivity contribution in [3.63, 3.8) is 0 Å². The van der Waals surface area contributed by atoms with E-state index in [-0.39, 0.29) is 12.5 Å². The summed E-state index contributed by atoms with van der Waals surface area (Å²) in [5.41, 5.74) is 0.708. The zero-order chi connectivity index (χ0) is 15.7. The number of anilines is 1. The first-order valence-corrected chi connectivity index (χ1v) is 7.43. The van der Waals surface area contributed by atoms with Crippen molar-refractivity contribution in [2.45, 2.75) is 13.8 Å². The van der Waals surface area contributed by atoms with E-state index in [9.17, 15) is 4.79 Å². The van der Waals surface area contributed by atoms with Crippen molar-refractivity contribution < 1.29 is 14.3 Å². The van der Waals surface area contributed by atoms with Crippen LogP contribution in [0.4, 0.5) is 5.69 Å². The second-order valence-corrected chi connectivity index (χ2v) is 4.78. The van der Waals surface area contributed by atoms with Gasteiger partial charge in [0.25, 0.3) is 0 Å². The maximum atomic E-state index is 12.0. The molecule has 1 amide bonds. The van der Waals surface area contributed by atoms with Crippen LogP contribution in [0.5, 0.6) is 5.75 Å². The summed E-state index contributed by atoms with van der Waals surface area (Å²) >= 11 is 6.14. The minimum Gasteiger partial charge on any atom is -0.487 e. The molecule has 0 aliphatic heterocycles. The van der Waals surface area contributed by atoms with Gasteiger partial charge < -0.3 is 19.7 Å². The Hall–Kier alpha value is -1.46. The second kappa shape index (κ2) is 9.47. The van der Waals surface area contributed by atoms with Crippen molar-refractivity contribution in [3.05, 3.63) is 23.2 Å². The standard InChI is InChI=1S/C15H23ClN2O3/c1-4-18(5-2)14(19)11-17-13-8-6-7-12(16)15(13)21-10-9-20-3/h6-8,17H,4-5,9-11H2,1-3H3. The molecule has 0 radical (unpaired) electrons. The van der Waals surface area contributed by atoms with E-state index in [1.54, 1.807) is 18.1 Å². The average molecular weight is 315 g/mol. The van der Waals surface area contributed by atoms with Crippen LogP contribution in [0.25, 0.3) is 0 Å². The van der Waals surface area contributed by atoms with Gasteiger partial charge in [-0.15, -0.1) is 0 Å². The number of nitrogens with one attached hydrogen (secondary N) is 1. The van der Waals surface area contributed by atoms with Crippen LogP contribution in [0.3, 0.4) is 0 Å². The van der Waals surface area contributed by atoms with Crippen LogP contribution in [0.1, 0.15) is 13.8 Å². The van der Waals surface area contributed by atoms with Gasteiger partial charge in [0.15, 0.2) is 5.75 Å². The lowest BCUT2D eigenvalue weighted by molar-refractivity contribution is -0.128. The quantitative estimate of drug-likeness (QED) is 0.712. The van der Waals surface area contributed by atoms with Gasteiger partial charge in [-0.1, -0.05) is 17.7 Å². The van der Waals surface area contributed by atoms with Crippen LogP contribution in [0, 0.1) is 0 Å². The van der Waals surface area contributed by atoms with E-state index in [0.717, 1.165) is 0 Å². The van der Waals surface area contributed by atoms with Gasteiger partial charge >= 0.3 is 0 Å². The Kier molecular flexibility index (Phi) is 7.93. The van der Waals surface area contributed by atoms with Gasteiger partial charge in [0.1, 0.15) is 6.61 Å². The maximum absolute atomic E-state index is 12.0. The maximum Gasteiger partial charge on any atom is 0.241 e. The van der Waals surface area contributed by atoms with Crippen LogP contribution < -0.4 is 10.1 Å². The molecule has 0 saturated carbocycles. The van der Waals surface area contributed by atoms with E-state index in [2.05, 4.69) is 5.32 Å². The number of ether oxygens (including phenoxy) is 2. The van der Waals surface area contributed by atoms with Crippen LogP contribution in [0.15, 0.2) is 18.2 Å². The van der Waals surface area contributed by atoms with E-state index >= 15 is 0 Å². The molecule has 5 nitrogen and oxygen atoms in total. The Morgan fingerprint density at radius 1 is 1.29 bits per heavy atom. The smallest absolute Gasteiger partial charge is 0.241 e. The summed E-state index contributed by atoms with van der Waals surface area (Å²) < 4.78 is 10.6. The molecule has 0 heterocycles. The molecule has 6 heteroatoms. The van der Waals surface area contributed by atoms with Gasteiger partial charge in [-0.2, -0.15) is 0 Å². The normalized spacial score (nSPS) is 10.3. The number of carbonyl (C=O) groups is 1. The molecule has 0 spiro atoms. The van der Waals surface area contributed by atoms with Crippen LogP contribution >= 0.6 is 11.6 Å². The zero-order valence-corrected chi connectivity index (χ0v) is 13.6.